The molecule has 0 aliphatic carbocycles. The van der Waals surface area contributed by atoms with E-state index in [2.05, 4.69) is 4.98 Å². The summed E-state index contributed by atoms with van der Waals surface area (Å²) in [4.78, 5) is 16.1. The van der Waals surface area contributed by atoms with E-state index in [-0.39, 0.29) is 5.56 Å². The predicted octanol–water partition coefficient (Wildman–Crippen LogP) is 4.29. The molecule has 3 aromatic heterocycles. The van der Waals surface area contributed by atoms with Crippen LogP contribution in [0.5, 0.6) is 11.6 Å². The van der Waals surface area contributed by atoms with Gasteiger partial charge in [-0.05, 0) is 48.9 Å². The van der Waals surface area contributed by atoms with Gasteiger partial charge in [-0.1, -0.05) is 6.07 Å². The first-order valence-corrected chi connectivity index (χ1v) is 7.90. The molecule has 124 valence electrons. The molecule has 1 aromatic carbocycles. The fourth-order valence-electron chi connectivity index (χ4n) is 2.88. The third kappa shape index (κ3) is 2.70. The fraction of sp³-hybridized carbons (Fsp3) is 0.100. The van der Waals surface area contributed by atoms with E-state index in [1.165, 1.54) is 0 Å². The van der Waals surface area contributed by atoms with E-state index in [1.807, 2.05) is 37.3 Å². The molecular formula is C20H16N2O3. The highest BCUT2D eigenvalue weighted by Crippen LogP contribution is 2.31. The van der Waals surface area contributed by atoms with Crippen molar-refractivity contribution < 1.29 is 9.15 Å². The molecule has 0 atom stereocenters. The van der Waals surface area contributed by atoms with Crippen molar-refractivity contribution in [2.75, 3.05) is 0 Å². The lowest BCUT2D eigenvalue weighted by molar-refractivity contribution is 0.468. The van der Waals surface area contributed by atoms with Crippen LogP contribution in [0.3, 0.4) is 0 Å². The van der Waals surface area contributed by atoms with E-state index in [0.717, 1.165) is 27.8 Å². The summed E-state index contributed by atoms with van der Waals surface area (Å²) in [6.45, 7) is 1.99. The van der Waals surface area contributed by atoms with Crippen LogP contribution in [-0.4, -0.2) is 9.55 Å². The second-order valence-electron chi connectivity index (χ2n) is 5.84. The van der Waals surface area contributed by atoms with Crippen molar-refractivity contribution in [1.29, 1.82) is 0 Å². The molecule has 0 bridgehead atoms. The van der Waals surface area contributed by atoms with Crippen LogP contribution in [0.1, 0.15) is 5.56 Å². The maximum absolute atomic E-state index is 11.9. The van der Waals surface area contributed by atoms with Crippen molar-refractivity contribution >= 4 is 11.0 Å². The van der Waals surface area contributed by atoms with Crippen molar-refractivity contribution in [2.24, 2.45) is 7.05 Å². The maximum atomic E-state index is 11.9. The lowest BCUT2D eigenvalue weighted by Gasteiger charge is -2.12. The van der Waals surface area contributed by atoms with Gasteiger partial charge < -0.3 is 13.7 Å². The third-order valence-electron chi connectivity index (χ3n) is 4.22. The molecule has 5 heteroatoms. The van der Waals surface area contributed by atoms with E-state index in [9.17, 15) is 4.79 Å². The molecular weight excluding hydrogens is 316 g/mol. The average Bonchev–Trinajstić information content (AvgIpc) is 3.08. The Balaban J connectivity index is 1.72. The molecule has 5 nitrogen and oxygen atoms in total. The normalized spacial score (nSPS) is 11.0. The van der Waals surface area contributed by atoms with Gasteiger partial charge in [0.25, 0.3) is 5.56 Å². The minimum absolute atomic E-state index is 0.0342. The largest absolute Gasteiger partial charge is 0.464 e. The lowest BCUT2D eigenvalue weighted by Crippen LogP contribution is -2.16. The first kappa shape index (κ1) is 15.2. The molecule has 0 saturated carbocycles. The summed E-state index contributed by atoms with van der Waals surface area (Å²) >= 11 is 0. The van der Waals surface area contributed by atoms with Gasteiger partial charge in [-0.3, -0.25) is 4.79 Å². The highest BCUT2D eigenvalue weighted by Gasteiger charge is 2.10. The Labute approximate surface area is 144 Å². The molecule has 0 spiro atoms. The zero-order chi connectivity index (χ0) is 17.4. The molecule has 0 N–H and O–H groups in total. The minimum Gasteiger partial charge on any atom is -0.464 e. The van der Waals surface area contributed by atoms with Gasteiger partial charge in [0.15, 0.2) is 0 Å². The van der Waals surface area contributed by atoms with Crippen molar-refractivity contribution in [2.45, 2.75) is 6.92 Å². The van der Waals surface area contributed by atoms with Gasteiger partial charge in [0.1, 0.15) is 11.3 Å². The SMILES string of the molecule is Cc1cc(Oc2nccc3occc23)ccc1-c1cccc(=O)n1C. The van der Waals surface area contributed by atoms with Crippen LogP contribution in [0.25, 0.3) is 22.2 Å². The van der Waals surface area contributed by atoms with E-state index in [1.54, 1.807) is 42.3 Å². The molecule has 4 aromatic rings. The number of fused-ring (bicyclic) bond motifs is 1. The first-order chi connectivity index (χ1) is 12.1. The second kappa shape index (κ2) is 5.94. The average molecular weight is 332 g/mol. The van der Waals surface area contributed by atoms with Crippen LogP contribution in [0, 0.1) is 6.92 Å². The predicted molar refractivity (Wildman–Crippen MR) is 95.9 cm³/mol. The lowest BCUT2D eigenvalue weighted by atomic mass is 10.0. The summed E-state index contributed by atoms with van der Waals surface area (Å²) in [7, 11) is 1.77. The summed E-state index contributed by atoms with van der Waals surface area (Å²) in [6, 6.07) is 14.6. The number of benzene rings is 1. The van der Waals surface area contributed by atoms with Crippen LogP contribution in [0.2, 0.25) is 0 Å². The van der Waals surface area contributed by atoms with Gasteiger partial charge in [-0.15, -0.1) is 0 Å². The molecule has 0 aliphatic rings. The zero-order valence-corrected chi connectivity index (χ0v) is 13.9. The molecule has 0 unspecified atom stereocenters. The molecule has 25 heavy (non-hydrogen) atoms. The molecule has 0 amide bonds. The first-order valence-electron chi connectivity index (χ1n) is 7.90. The highest BCUT2D eigenvalue weighted by molar-refractivity contribution is 5.82. The highest BCUT2D eigenvalue weighted by atomic mass is 16.5. The number of nitrogens with zero attached hydrogens (tertiary/aromatic N) is 2. The smallest absolute Gasteiger partial charge is 0.250 e. The number of furan rings is 1. The van der Waals surface area contributed by atoms with E-state index in [0.29, 0.717) is 11.6 Å². The van der Waals surface area contributed by atoms with E-state index < -0.39 is 0 Å². The Morgan fingerprint density at radius 1 is 1.12 bits per heavy atom. The summed E-state index contributed by atoms with van der Waals surface area (Å²) < 4.78 is 12.9. The summed E-state index contributed by atoms with van der Waals surface area (Å²) in [5.74, 6) is 1.19. The van der Waals surface area contributed by atoms with Gasteiger partial charge in [0.05, 0.1) is 17.3 Å². The van der Waals surface area contributed by atoms with Crippen molar-refractivity contribution in [3.8, 4) is 22.9 Å². The fourth-order valence-corrected chi connectivity index (χ4v) is 2.88. The van der Waals surface area contributed by atoms with Gasteiger partial charge in [-0.2, -0.15) is 0 Å². The molecule has 0 saturated heterocycles. The van der Waals surface area contributed by atoms with Gasteiger partial charge in [0, 0.05) is 24.9 Å². The Morgan fingerprint density at radius 3 is 2.84 bits per heavy atom. The van der Waals surface area contributed by atoms with E-state index in [4.69, 9.17) is 9.15 Å². The monoisotopic (exact) mass is 332 g/mol. The summed E-state index contributed by atoms with van der Waals surface area (Å²) in [5, 5.41) is 0.828. The second-order valence-corrected chi connectivity index (χ2v) is 5.84. The Morgan fingerprint density at radius 2 is 2.00 bits per heavy atom. The van der Waals surface area contributed by atoms with Crippen molar-refractivity contribution in [3.05, 3.63) is 76.9 Å². The van der Waals surface area contributed by atoms with Crippen LogP contribution in [0.4, 0.5) is 0 Å². The standard InChI is InChI=1S/C20H16N2O3/c1-13-12-14(25-20-16-9-11-24-18(16)8-10-21-20)6-7-15(13)17-4-3-5-19(23)22(17)2/h3-12H,1-2H3. The Hall–Kier alpha value is -3.34. The summed E-state index contributed by atoms with van der Waals surface area (Å²) in [6.07, 6.45) is 3.27. The maximum Gasteiger partial charge on any atom is 0.250 e. The van der Waals surface area contributed by atoms with Gasteiger partial charge in [-0.25, -0.2) is 4.98 Å². The Bertz CT molecular complexity index is 1130. The van der Waals surface area contributed by atoms with Gasteiger partial charge >= 0.3 is 0 Å². The van der Waals surface area contributed by atoms with Crippen LogP contribution in [-0.2, 0) is 7.05 Å². The minimum atomic E-state index is -0.0342. The number of rotatable bonds is 3. The Kier molecular flexibility index (Phi) is 3.61. The summed E-state index contributed by atoms with van der Waals surface area (Å²) in [5.41, 5.74) is 3.57. The molecule has 0 radical (unpaired) electrons. The number of hydrogen-bond donors (Lipinski definition) is 0. The number of ether oxygens (including phenoxy) is 1. The molecule has 4 rings (SSSR count). The number of aryl methyl sites for hydroxylation is 1. The van der Waals surface area contributed by atoms with Crippen molar-refractivity contribution in [3.63, 3.8) is 0 Å². The third-order valence-corrected chi connectivity index (χ3v) is 4.22. The van der Waals surface area contributed by atoms with Crippen molar-refractivity contribution in [1.82, 2.24) is 9.55 Å². The quantitative estimate of drug-likeness (QED) is 0.561. The van der Waals surface area contributed by atoms with Crippen LogP contribution < -0.4 is 10.3 Å². The topological polar surface area (TPSA) is 57.3 Å². The van der Waals surface area contributed by atoms with Crippen LogP contribution >= 0.6 is 0 Å². The van der Waals surface area contributed by atoms with Crippen LogP contribution in [0.15, 0.2) is 70.2 Å². The van der Waals surface area contributed by atoms with Gasteiger partial charge in [0.2, 0.25) is 5.88 Å². The zero-order valence-electron chi connectivity index (χ0n) is 13.9. The molecule has 3 heterocycles. The number of hydrogen-bond acceptors (Lipinski definition) is 4. The molecule has 0 aliphatic heterocycles. The van der Waals surface area contributed by atoms with E-state index >= 15 is 0 Å². The molecule has 0 fully saturated rings. The number of aromatic nitrogens is 2. The number of pyridine rings is 2.